The molecule has 0 radical (unpaired) electrons. The number of amides is 1. The highest BCUT2D eigenvalue weighted by Crippen LogP contribution is 2.28. The number of carboxylic acids is 1. The number of carbonyl (C=O) groups excluding carboxylic acids is 1. The predicted molar refractivity (Wildman–Crippen MR) is 70.3 cm³/mol. The third-order valence-electron chi connectivity index (χ3n) is 3.90. The molecule has 4 heteroatoms. The number of hydrogen-bond acceptors (Lipinski definition) is 2. The van der Waals surface area contributed by atoms with Crippen LogP contribution in [-0.2, 0) is 9.59 Å². The van der Waals surface area contributed by atoms with Gasteiger partial charge in [-0.15, -0.1) is 0 Å². The number of carboxylic acid groups (broad SMARTS) is 1. The summed E-state index contributed by atoms with van der Waals surface area (Å²) in [7, 11) is 0. The van der Waals surface area contributed by atoms with Crippen LogP contribution in [0.1, 0.15) is 58.8 Å². The first-order valence-corrected chi connectivity index (χ1v) is 7.05. The molecule has 1 fully saturated rings. The average molecular weight is 255 g/mol. The zero-order chi connectivity index (χ0) is 13.5. The molecule has 1 aliphatic rings. The van der Waals surface area contributed by atoms with Gasteiger partial charge in [0.15, 0.2) is 0 Å². The second kappa shape index (κ2) is 7.39. The van der Waals surface area contributed by atoms with Crippen molar-refractivity contribution in [2.24, 2.45) is 5.92 Å². The first-order valence-electron chi connectivity index (χ1n) is 7.05. The van der Waals surface area contributed by atoms with Crippen LogP contribution in [0.15, 0.2) is 0 Å². The van der Waals surface area contributed by atoms with E-state index in [1.54, 1.807) is 4.90 Å². The minimum Gasteiger partial charge on any atom is -0.481 e. The van der Waals surface area contributed by atoms with E-state index in [4.69, 9.17) is 5.11 Å². The Morgan fingerprint density at radius 1 is 1.33 bits per heavy atom. The normalized spacial score (nSPS) is 17.7. The molecule has 0 heterocycles. The molecule has 104 valence electrons. The smallest absolute Gasteiger partial charge is 0.305 e. The summed E-state index contributed by atoms with van der Waals surface area (Å²) in [5, 5.41) is 8.77. The quantitative estimate of drug-likeness (QED) is 0.761. The summed E-state index contributed by atoms with van der Waals surface area (Å²) in [6.45, 7) is 4.31. The molecular formula is C14H25NO3. The summed E-state index contributed by atoms with van der Waals surface area (Å²) in [5.74, 6) is -0.0230. The summed E-state index contributed by atoms with van der Waals surface area (Å²) < 4.78 is 0. The SMILES string of the molecule is CCN(C(=O)CCC1CCCC1)C(C)CC(=O)O. The van der Waals surface area contributed by atoms with E-state index >= 15 is 0 Å². The van der Waals surface area contributed by atoms with Crippen LogP contribution in [0.5, 0.6) is 0 Å². The van der Waals surface area contributed by atoms with E-state index in [9.17, 15) is 9.59 Å². The molecule has 18 heavy (non-hydrogen) atoms. The molecule has 0 bridgehead atoms. The van der Waals surface area contributed by atoms with Crippen LogP contribution in [0.3, 0.4) is 0 Å². The van der Waals surface area contributed by atoms with E-state index in [0.717, 1.165) is 6.42 Å². The lowest BCUT2D eigenvalue weighted by molar-refractivity contribution is -0.140. The van der Waals surface area contributed by atoms with Crippen LogP contribution in [0.2, 0.25) is 0 Å². The Hall–Kier alpha value is -1.06. The van der Waals surface area contributed by atoms with Crippen LogP contribution < -0.4 is 0 Å². The fourth-order valence-corrected chi connectivity index (χ4v) is 2.87. The van der Waals surface area contributed by atoms with Gasteiger partial charge in [-0.2, -0.15) is 0 Å². The van der Waals surface area contributed by atoms with E-state index in [2.05, 4.69) is 0 Å². The van der Waals surface area contributed by atoms with Crippen molar-refractivity contribution in [2.45, 2.75) is 64.8 Å². The number of rotatable bonds is 7. The Bertz CT molecular complexity index is 285. The molecule has 1 saturated carbocycles. The van der Waals surface area contributed by atoms with Gasteiger partial charge in [-0.3, -0.25) is 9.59 Å². The van der Waals surface area contributed by atoms with Crippen molar-refractivity contribution in [2.75, 3.05) is 6.54 Å². The molecule has 0 spiro atoms. The molecule has 0 aliphatic heterocycles. The molecule has 1 amide bonds. The Morgan fingerprint density at radius 2 is 1.94 bits per heavy atom. The fraction of sp³-hybridized carbons (Fsp3) is 0.857. The van der Waals surface area contributed by atoms with Gasteiger partial charge in [0.25, 0.3) is 0 Å². The van der Waals surface area contributed by atoms with E-state index in [0.29, 0.717) is 18.9 Å². The number of nitrogens with zero attached hydrogens (tertiary/aromatic N) is 1. The minimum absolute atomic E-state index is 0.0308. The molecule has 1 atom stereocenters. The monoisotopic (exact) mass is 255 g/mol. The highest BCUT2D eigenvalue weighted by atomic mass is 16.4. The molecule has 0 aromatic rings. The predicted octanol–water partition coefficient (Wildman–Crippen LogP) is 2.67. The van der Waals surface area contributed by atoms with Crippen molar-refractivity contribution in [1.29, 1.82) is 0 Å². The zero-order valence-corrected chi connectivity index (χ0v) is 11.5. The summed E-state index contributed by atoms with van der Waals surface area (Å²) in [4.78, 5) is 24.5. The second-order valence-corrected chi connectivity index (χ2v) is 5.32. The van der Waals surface area contributed by atoms with Crippen LogP contribution in [0, 0.1) is 5.92 Å². The number of hydrogen-bond donors (Lipinski definition) is 1. The highest BCUT2D eigenvalue weighted by Gasteiger charge is 2.22. The first-order chi connectivity index (χ1) is 8.54. The van der Waals surface area contributed by atoms with Gasteiger partial charge in [0.2, 0.25) is 5.91 Å². The molecule has 1 unspecified atom stereocenters. The van der Waals surface area contributed by atoms with E-state index in [1.807, 2.05) is 13.8 Å². The molecule has 1 N–H and O–H groups in total. The molecular weight excluding hydrogens is 230 g/mol. The molecule has 0 saturated heterocycles. The molecule has 4 nitrogen and oxygen atoms in total. The fourth-order valence-electron chi connectivity index (χ4n) is 2.87. The minimum atomic E-state index is -0.843. The maximum absolute atomic E-state index is 12.1. The summed E-state index contributed by atoms with van der Waals surface area (Å²) in [6, 6.07) is -0.205. The highest BCUT2D eigenvalue weighted by molar-refractivity contribution is 5.77. The van der Waals surface area contributed by atoms with Gasteiger partial charge in [0.1, 0.15) is 0 Å². The topological polar surface area (TPSA) is 57.6 Å². The lowest BCUT2D eigenvalue weighted by Crippen LogP contribution is -2.39. The van der Waals surface area contributed by atoms with Crippen molar-refractivity contribution in [3.8, 4) is 0 Å². The maximum Gasteiger partial charge on any atom is 0.305 e. The van der Waals surface area contributed by atoms with Crippen LogP contribution >= 0.6 is 0 Å². The van der Waals surface area contributed by atoms with E-state index in [-0.39, 0.29) is 18.4 Å². The van der Waals surface area contributed by atoms with Gasteiger partial charge in [-0.1, -0.05) is 25.7 Å². The standard InChI is InChI=1S/C14H25NO3/c1-3-15(11(2)10-14(17)18)13(16)9-8-12-6-4-5-7-12/h11-12H,3-10H2,1-2H3,(H,17,18). The Balaban J connectivity index is 2.37. The first kappa shape index (κ1) is 15.0. The Kier molecular flexibility index (Phi) is 6.16. The van der Waals surface area contributed by atoms with Crippen LogP contribution in [0.4, 0.5) is 0 Å². The Morgan fingerprint density at radius 3 is 2.44 bits per heavy atom. The van der Waals surface area contributed by atoms with E-state index in [1.165, 1.54) is 25.7 Å². The number of carbonyl (C=O) groups is 2. The third kappa shape index (κ3) is 4.67. The lowest BCUT2D eigenvalue weighted by atomic mass is 10.0. The van der Waals surface area contributed by atoms with Gasteiger partial charge >= 0.3 is 5.97 Å². The van der Waals surface area contributed by atoms with Crippen molar-refractivity contribution in [3.63, 3.8) is 0 Å². The summed E-state index contributed by atoms with van der Waals surface area (Å²) in [5.41, 5.74) is 0. The average Bonchev–Trinajstić information content (AvgIpc) is 2.79. The van der Waals surface area contributed by atoms with Crippen molar-refractivity contribution >= 4 is 11.9 Å². The van der Waals surface area contributed by atoms with Crippen molar-refractivity contribution < 1.29 is 14.7 Å². The second-order valence-electron chi connectivity index (χ2n) is 5.32. The van der Waals surface area contributed by atoms with Crippen molar-refractivity contribution in [1.82, 2.24) is 4.90 Å². The van der Waals surface area contributed by atoms with E-state index < -0.39 is 5.97 Å². The lowest BCUT2D eigenvalue weighted by Gasteiger charge is -2.27. The zero-order valence-electron chi connectivity index (χ0n) is 11.5. The van der Waals surface area contributed by atoms with Gasteiger partial charge in [-0.05, 0) is 26.2 Å². The summed E-state index contributed by atoms with van der Waals surface area (Å²) in [6.07, 6.45) is 6.67. The number of aliphatic carboxylic acids is 1. The molecule has 1 rings (SSSR count). The van der Waals surface area contributed by atoms with Gasteiger partial charge in [0, 0.05) is 19.0 Å². The Labute approximate surface area is 109 Å². The largest absolute Gasteiger partial charge is 0.481 e. The molecule has 1 aliphatic carbocycles. The van der Waals surface area contributed by atoms with Gasteiger partial charge < -0.3 is 10.0 Å². The van der Waals surface area contributed by atoms with Gasteiger partial charge in [0.05, 0.1) is 6.42 Å². The molecule has 0 aromatic carbocycles. The molecule has 0 aromatic heterocycles. The summed E-state index contributed by atoms with van der Waals surface area (Å²) >= 11 is 0. The van der Waals surface area contributed by atoms with Gasteiger partial charge in [-0.25, -0.2) is 0 Å². The van der Waals surface area contributed by atoms with Crippen LogP contribution in [-0.4, -0.2) is 34.5 Å². The third-order valence-corrected chi connectivity index (χ3v) is 3.90. The van der Waals surface area contributed by atoms with Crippen LogP contribution in [0.25, 0.3) is 0 Å². The van der Waals surface area contributed by atoms with Crippen molar-refractivity contribution in [3.05, 3.63) is 0 Å². The maximum atomic E-state index is 12.1.